The summed E-state index contributed by atoms with van der Waals surface area (Å²) in [5.41, 5.74) is 1.05. The quantitative estimate of drug-likeness (QED) is 0.0145. The fourth-order valence-electron chi connectivity index (χ4n) is 7.41. The van der Waals surface area contributed by atoms with E-state index in [4.69, 9.17) is 56.8 Å². The van der Waals surface area contributed by atoms with E-state index in [0.717, 1.165) is 0 Å². The van der Waals surface area contributed by atoms with Gasteiger partial charge in [-0.3, -0.25) is 0 Å². The van der Waals surface area contributed by atoms with Gasteiger partial charge in [0, 0.05) is 11.1 Å². The van der Waals surface area contributed by atoms with E-state index in [-0.39, 0.29) is 71.7 Å². The second-order valence-corrected chi connectivity index (χ2v) is 17.4. The molecule has 6 rings (SSSR count). The zero-order valence-corrected chi connectivity index (χ0v) is 43.3. The number of benzene rings is 4. The zero-order valence-electron chi connectivity index (χ0n) is 43.3. The Hall–Kier alpha value is -9.24. The molecule has 4 aromatic rings. The van der Waals surface area contributed by atoms with Crippen LogP contribution in [0.3, 0.4) is 0 Å². The second-order valence-electron chi connectivity index (χ2n) is 17.4. The van der Waals surface area contributed by atoms with Gasteiger partial charge in [-0.05, 0) is 136 Å². The molecule has 0 N–H and O–H groups in total. The summed E-state index contributed by atoms with van der Waals surface area (Å²) in [5, 5.41) is 19.9. The lowest BCUT2D eigenvalue weighted by Gasteiger charge is -2.17. The Kier molecular flexibility index (Phi) is 21.3. The fraction of sp³-hybridized carbons (Fsp3) is 0.310. The highest BCUT2D eigenvalue weighted by Gasteiger charge is 2.51. The number of ether oxygens (including phenoxy) is 12. The Morgan fingerprint density at radius 3 is 1.26 bits per heavy atom. The SMILES string of the molecule is C=C(C)C(=O)OCCCCOc1ccc(C(=O)Oc2ccc(/C=C(\C#N)C(=O)O[C@H]3CO[C@H]4[C@@H]3OC[C@H]4OC(=O)/C(C#N)=C/c3ccc(OC(=O)c4ccc(OCCCCOC(=O)C(=C)C)cc4)c(OC)c3)cc2OC)cc1. The Labute approximate surface area is 449 Å². The number of carbonyl (C=O) groups excluding carboxylic acids is 6. The van der Waals surface area contributed by atoms with E-state index in [1.54, 1.807) is 38.1 Å². The Bertz CT molecular complexity index is 2820. The van der Waals surface area contributed by atoms with Gasteiger partial charge in [0.15, 0.2) is 35.2 Å². The van der Waals surface area contributed by atoms with Crippen LogP contribution in [0.25, 0.3) is 12.2 Å². The maximum Gasteiger partial charge on any atom is 0.349 e. The number of hydrogen-bond acceptors (Lipinski definition) is 20. The first-order chi connectivity index (χ1) is 37.6. The number of carbonyl (C=O) groups is 6. The molecule has 2 saturated heterocycles. The minimum absolute atomic E-state index is 0.0710. The zero-order chi connectivity index (χ0) is 56.1. The first kappa shape index (κ1) is 58.0. The van der Waals surface area contributed by atoms with E-state index in [9.17, 15) is 39.3 Å². The summed E-state index contributed by atoms with van der Waals surface area (Å²) >= 11 is 0. The summed E-state index contributed by atoms with van der Waals surface area (Å²) in [6, 6.07) is 25.1. The van der Waals surface area contributed by atoms with Crippen LogP contribution in [0, 0.1) is 22.7 Å². The highest BCUT2D eigenvalue weighted by atomic mass is 16.7. The third-order valence-electron chi connectivity index (χ3n) is 11.5. The Morgan fingerprint density at radius 1 is 0.538 bits per heavy atom. The van der Waals surface area contributed by atoms with Crippen molar-refractivity contribution in [1.82, 2.24) is 0 Å². The first-order valence-electron chi connectivity index (χ1n) is 24.4. The molecule has 2 heterocycles. The van der Waals surface area contributed by atoms with Gasteiger partial charge in [0.2, 0.25) is 0 Å². The van der Waals surface area contributed by atoms with E-state index in [0.29, 0.717) is 72.7 Å². The average Bonchev–Trinajstić information content (AvgIpc) is 4.05. The van der Waals surface area contributed by atoms with Crippen molar-refractivity contribution in [3.8, 4) is 46.6 Å². The molecule has 20 heteroatoms. The van der Waals surface area contributed by atoms with E-state index in [2.05, 4.69) is 13.2 Å². The summed E-state index contributed by atoms with van der Waals surface area (Å²) in [4.78, 5) is 75.6. The van der Waals surface area contributed by atoms with Crippen LogP contribution in [0.4, 0.5) is 0 Å². The predicted molar refractivity (Wildman–Crippen MR) is 276 cm³/mol. The fourth-order valence-corrected chi connectivity index (χ4v) is 7.41. The molecular weight excluding hydrogens is 1010 g/mol. The van der Waals surface area contributed by atoms with Crippen molar-refractivity contribution < 1.29 is 85.6 Å². The molecule has 2 aliphatic rings. The first-order valence-corrected chi connectivity index (χ1v) is 24.4. The van der Waals surface area contributed by atoms with Crippen LogP contribution in [-0.2, 0) is 47.6 Å². The van der Waals surface area contributed by atoms with Crippen molar-refractivity contribution in [3.63, 3.8) is 0 Å². The molecule has 0 aromatic heterocycles. The summed E-state index contributed by atoms with van der Waals surface area (Å²) in [5.74, 6) is -2.76. The van der Waals surface area contributed by atoms with Gasteiger partial charge < -0.3 is 56.8 Å². The van der Waals surface area contributed by atoms with Gasteiger partial charge in [-0.15, -0.1) is 0 Å². The normalized spacial score (nSPS) is 16.4. The van der Waals surface area contributed by atoms with Crippen LogP contribution in [-0.4, -0.2) is 114 Å². The second kappa shape index (κ2) is 28.6. The minimum Gasteiger partial charge on any atom is -0.494 e. The molecule has 0 saturated carbocycles. The van der Waals surface area contributed by atoms with Gasteiger partial charge in [-0.25, -0.2) is 28.8 Å². The highest BCUT2D eigenvalue weighted by Crippen LogP contribution is 2.34. The van der Waals surface area contributed by atoms with Crippen LogP contribution in [0.2, 0.25) is 0 Å². The summed E-state index contributed by atoms with van der Waals surface area (Å²) in [6.07, 6.45) is 1.29. The number of nitriles is 2. The molecule has 2 aliphatic heterocycles. The van der Waals surface area contributed by atoms with Crippen LogP contribution in [0.1, 0.15) is 71.4 Å². The van der Waals surface area contributed by atoms with Crippen LogP contribution < -0.4 is 28.4 Å². The average molecular weight is 1070 g/mol. The van der Waals surface area contributed by atoms with Gasteiger partial charge in [-0.2, -0.15) is 10.5 Å². The maximum atomic E-state index is 13.3. The molecular formula is C58H56N2O18. The maximum absolute atomic E-state index is 13.3. The van der Waals surface area contributed by atoms with Gasteiger partial charge in [0.1, 0.15) is 47.0 Å². The molecule has 406 valence electrons. The molecule has 20 nitrogen and oxygen atoms in total. The predicted octanol–water partition coefficient (Wildman–Crippen LogP) is 7.83. The molecule has 78 heavy (non-hydrogen) atoms. The molecule has 0 aliphatic carbocycles. The third-order valence-corrected chi connectivity index (χ3v) is 11.5. The summed E-state index contributed by atoms with van der Waals surface area (Å²) in [6.45, 7) is 11.2. The van der Waals surface area contributed by atoms with E-state index >= 15 is 0 Å². The lowest BCUT2D eigenvalue weighted by Crippen LogP contribution is -2.36. The monoisotopic (exact) mass is 1070 g/mol. The molecule has 2 fully saturated rings. The number of rotatable bonds is 26. The number of hydrogen-bond donors (Lipinski definition) is 0. The lowest BCUT2D eigenvalue weighted by molar-refractivity contribution is -0.150. The number of methoxy groups -OCH3 is 2. The highest BCUT2D eigenvalue weighted by molar-refractivity contribution is 5.99. The molecule has 4 atom stereocenters. The molecule has 4 aromatic carbocycles. The number of unbranched alkanes of at least 4 members (excludes halogenated alkanes) is 2. The van der Waals surface area contributed by atoms with Crippen LogP contribution in [0.15, 0.2) is 120 Å². The molecule has 0 amide bonds. The number of fused-ring (bicyclic) bond motifs is 1. The van der Waals surface area contributed by atoms with Crippen molar-refractivity contribution in [2.24, 2.45) is 0 Å². The Morgan fingerprint density at radius 2 is 0.910 bits per heavy atom. The van der Waals surface area contributed by atoms with Crippen molar-refractivity contribution in [2.45, 2.75) is 63.9 Å². The Balaban J connectivity index is 0.965. The summed E-state index contributed by atoms with van der Waals surface area (Å²) in [7, 11) is 2.71. The van der Waals surface area contributed by atoms with E-state index < -0.39 is 60.2 Å². The number of esters is 6. The van der Waals surface area contributed by atoms with Gasteiger partial charge in [0.25, 0.3) is 0 Å². The molecule has 0 unspecified atom stereocenters. The van der Waals surface area contributed by atoms with Crippen molar-refractivity contribution in [2.75, 3.05) is 53.9 Å². The van der Waals surface area contributed by atoms with E-state index in [1.807, 2.05) is 12.1 Å². The van der Waals surface area contributed by atoms with Crippen molar-refractivity contribution in [1.29, 1.82) is 10.5 Å². The minimum atomic E-state index is -0.988. The molecule has 0 bridgehead atoms. The lowest BCUT2D eigenvalue weighted by atomic mass is 10.1. The molecule has 0 spiro atoms. The van der Waals surface area contributed by atoms with Crippen LogP contribution in [0.5, 0.6) is 34.5 Å². The van der Waals surface area contributed by atoms with Gasteiger partial charge >= 0.3 is 35.8 Å². The van der Waals surface area contributed by atoms with Crippen molar-refractivity contribution >= 4 is 48.0 Å². The van der Waals surface area contributed by atoms with Gasteiger partial charge in [-0.1, -0.05) is 25.3 Å². The number of nitrogens with zero attached hydrogens (tertiary/aromatic N) is 2. The third kappa shape index (κ3) is 16.4. The standard InChI is InChI=1S/C58H56N2O18/c1-35(2)53(61)71-25-9-7-23-69-43-17-13-39(14-18-43)55(63)75-45-21-11-37(29-47(45)67-5)27-41(31-59)57(65)77-49-33-73-52-50(34-74-51(49)52)78-58(66)42(32-60)28-38-12-22-46(48(30-38)68-6)76-56(64)40-15-19-44(20-16-40)70-24-8-10-26-72-54(62)36(3)4/h11-22,27-30,49-52H,1,3,7-10,23-26,33-34H2,2,4-6H3/b41-27+,42-28+/t49-,50+,51-,52-/m1/s1. The van der Waals surface area contributed by atoms with Crippen molar-refractivity contribution in [3.05, 3.63) is 143 Å². The summed E-state index contributed by atoms with van der Waals surface area (Å²) < 4.78 is 66.5. The molecule has 0 radical (unpaired) electrons. The van der Waals surface area contributed by atoms with E-state index in [1.165, 1.54) is 87.0 Å². The van der Waals surface area contributed by atoms with Crippen LogP contribution >= 0.6 is 0 Å². The smallest absolute Gasteiger partial charge is 0.349 e. The van der Waals surface area contributed by atoms with Gasteiger partial charge in [0.05, 0.1) is 65.0 Å². The topological polar surface area (TPSA) is 261 Å². The largest absolute Gasteiger partial charge is 0.494 e.